The van der Waals surface area contributed by atoms with E-state index in [1.807, 2.05) is 0 Å². The Hall–Kier alpha value is -1.47. The number of hydrogen-bond donors (Lipinski definition) is 0. The molecule has 0 unspecified atom stereocenters. The molecule has 2 aromatic heterocycles. The summed E-state index contributed by atoms with van der Waals surface area (Å²) in [5, 5.41) is 7.64. The van der Waals surface area contributed by atoms with E-state index >= 15 is 0 Å². The average Bonchev–Trinajstić information content (AvgIpc) is 3.05. The van der Waals surface area contributed by atoms with Crippen LogP contribution in [-0.4, -0.2) is 72.0 Å². The molecule has 0 bridgehead atoms. The van der Waals surface area contributed by atoms with Gasteiger partial charge < -0.3 is 0 Å². The van der Waals surface area contributed by atoms with Crippen LogP contribution in [0.2, 0.25) is 5.15 Å². The van der Waals surface area contributed by atoms with Crippen LogP contribution in [0.3, 0.4) is 0 Å². The van der Waals surface area contributed by atoms with Crippen molar-refractivity contribution in [1.29, 1.82) is 0 Å². The molecule has 0 aliphatic carbocycles. The maximum absolute atomic E-state index is 11.5. The fraction of sp³-hybridized carbons (Fsp3) is 0.500. The van der Waals surface area contributed by atoms with Gasteiger partial charge in [-0.2, -0.15) is 39.7 Å². The third-order valence-corrected chi connectivity index (χ3v) is 6.44. The van der Waals surface area contributed by atoms with Gasteiger partial charge in [0.2, 0.25) is 0 Å². The van der Waals surface area contributed by atoms with Crippen molar-refractivity contribution in [1.82, 2.24) is 27.0 Å². The molecule has 0 saturated heterocycles. The van der Waals surface area contributed by atoms with Crippen LogP contribution in [0.25, 0.3) is 0 Å². The quantitative estimate of drug-likeness (QED) is 0.716. The van der Waals surface area contributed by atoms with Crippen LogP contribution in [0.4, 0.5) is 0 Å². The van der Waals surface area contributed by atoms with Gasteiger partial charge in [-0.1, -0.05) is 11.6 Å². The second-order valence-electron chi connectivity index (χ2n) is 5.36. The molecule has 0 radical (unpaired) electrons. The van der Waals surface area contributed by atoms with E-state index in [-0.39, 0.29) is 5.15 Å². The molecule has 2 aromatic rings. The third-order valence-electron chi connectivity index (χ3n) is 2.84. The lowest BCUT2D eigenvalue weighted by atomic mass is 10.5. The lowest BCUT2D eigenvalue weighted by Crippen LogP contribution is -2.29. The van der Waals surface area contributed by atoms with Crippen molar-refractivity contribution in [2.45, 2.75) is 13.8 Å². The minimum absolute atomic E-state index is 0.0891. The molecule has 25 heavy (non-hydrogen) atoms. The molecule has 0 atom stereocenters. The van der Waals surface area contributed by atoms with E-state index < -0.39 is 20.4 Å². The average molecular weight is 413 g/mol. The van der Waals surface area contributed by atoms with Gasteiger partial charge in [0.25, 0.3) is 0 Å². The Morgan fingerprint density at radius 2 is 1.44 bits per heavy atom. The molecule has 0 saturated carbocycles. The molecule has 13 heteroatoms. The van der Waals surface area contributed by atoms with Crippen LogP contribution in [0.1, 0.15) is 11.4 Å². The molecule has 0 aromatic carbocycles. The number of aryl methyl sites for hydroxylation is 2. The largest absolute Gasteiger partial charge is 0.323 e. The zero-order chi connectivity index (χ0) is 19.6. The summed E-state index contributed by atoms with van der Waals surface area (Å²) in [5.41, 5.74) is 1.25. The molecule has 2 heterocycles. The molecule has 142 valence electrons. The first-order valence-electron chi connectivity index (χ1n) is 6.90. The van der Waals surface area contributed by atoms with Crippen molar-refractivity contribution in [3.63, 3.8) is 0 Å². The van der Waals surface area contributed by atoms with Crippen LogP contribution >= 0.6 is 11.6 Å². The van der Waals surface area contributed by atoms with Crippen molar-refractivity contribution in [3.05, 3.63) is 34.9 Å². The molecular formula is C12H21ClN6O4S2. The van der Waals surface area contributed by atoms with Gasteiger partial charge in [-0.25, -0.2) is 0 Å². The van der Waals surface area contributed by atoms with E-state index in [4.69, 9.17) is 11.6 Å². The molecule has 0 N–H and O–H groups in total. The minimum Gasteiger partial charge on any atom is -0.189 e. The summed E-state index contributed by atoms with van der Waals surface area (Å²) in [6.07, 6.45) is 1.42. The number of nitrogens with zero attached hydrogens (tertiary/aromatic N) is 6. The highest BCUT2D eigenvalue weighted by atomic mass is 35.5. The topological polar surface area (TPSA) is 110 Å². The predicted octanol–water partition coefficient (Wildman–Crippen LogP) is 0.345. The fourth-order valence-corrected chi connectivity index (χ4v) is 3.51. The van der Waals surface area contributed by atoms with Crippen molar-refractivity contribution in [3.8, 4) is 0 Å². The van der Waals surface area contributed by atoms with Gasteiger partial charge in [0, 0.05) is 34.4 Å². The Labute approximate surface area is 153 Å². The molecule has 0 aliphatic rings. The summed E-state index contributed by atoms with van der Waals surface area (Å²) in [6.45, 7) is 3.41. The Bertz CT molecular complexity index is 931. The first-order chi connectivity index (χ1) is 11.3. The summed E-state index contributed by atoms with van der Waals surface area (Å²) in [7, 11) is -1.23. The van der Waals surface area contributed by atoms with Gasteiger partial charge in [0.15, 0.2) is 0 Å². The standard InChI is InChI=1S/C6H10ClN3O2S.C6H11N3O2S/c1-5-4-6(7)10(8-5)13(11,12)9(2)3;1-6-4-5-9(7-6)12(10,11)8(2)3/h4H,1-3H3;4-5H,1-3H3. The highest BCUT2D eigenvalue weighted by Crippen LogP contribution is 2.13. The van der Waals surface area contributed by atoms with Gasteiger partial charge in [0.05, 0.1) is 11.4 Å². The normalized spacial score (nSPS) is 12.4. The van der Waals surface area contributed by atoms with E-state index in [2.05, 4.69) is 10.2 Å². The van der Waals surface area contributed by atoms with E-state index in [1.54, 1.807) is 19.9 Å². The Balaban J connectivity index is 0.000000251. The van der Waals surface area contributed by atoms with Gasteiger partial charge in [-0.3, -0.25) is 0 Å². The highest BCUT2D eigenvalue weighted by Gasteiger charge is 2.20. The molecular weight excluding hydrogens is 392 g/mol. The lowest BCUT2D eigenvalue weighted by Gasteiger charge is -2.10. The molecule has 0 fully saturated rings. The molecule has 0 aliphatic heterocycles. The Morgan fingerprint density at radius 1 is 0.920 bits per heavy atom. The lowest BCUT2D eigenvalue weighted by molar-refractivity contribution is 0.502. The van der Waals surface area contributed by atoms with Crippen LogP contribution < -0.4 is 0 Å². The van der Waals surface area contributed by atoms with Crippen LogP contribution in [0.5, 0.6) is 0 Å². The van der Waals surface area contributed by atoms with Crippen LogP contribution in [0.15, 0.2) is 18.3 Å². The molecule has 2 rings (SSSR count). The second-order valence-corrected chi connectivity index (χ2v) is 9.72. The SMILES string of the molecule is Cc1cc(Cl)n(S(=O)(=O)N(C)C)n1.Cc1ccn(S(=O)(=O)N(C)C)n1. The Kier molecular flexibility index (Phi) is 6.75. The highest BCUT2D eigenvalue weighted by molar-refractivity contribution is 7.87. The summed E-state index contributed by atoms with van der Waals surface area (Å²) in [4.78, 5) is 0. The number of aromatic nitrogens is 4. The fourth-order valence-electron chi connectivity index (χ4n) is 1.45. The summed E-state index contributed by atoms with van der Waals surface area (Å²) in [6, 6.07) is 3.13. The van der Waals surface area contributed by atoms with E-state index in [1.165, 1.54) is 40.5 Å². The monoisotopic (exact) mass is 412 g/mol. The number of hydrogen-bond acceptors (Lipinski definition) is 6. The minimum atomic E-state index is -3.58. The third kappa shape index (κ3) is 5.01. The number of rotatable bonds is 4. The molecule has 10 nitrogen and oxygen atoms in total. The smallest absolute Gasteiger partial charge is 0.189 e. The van der Waals surface area contributed by atoms with Gasteiger partial charge in [-0.15, -0.1) is 4.09 Å². The zero-order valence-electron chi connectivity index (χ0n) is 14.7. The van der Waals surface area contributed by atoms with Gasteiger partial charge in [0.1, 0.15) is 5.15 Å². The predicted molar refractivity (Wildman–Crippen MR) is 94.9 cm³/mol. The van der Waals surface area contributed by atoms with Gasteiger partial charge >= 0.3 is 20.4 Å². The second kappa shape index (κ2) is 7.83. The maximum atomic E-state index is 11.5. The van der Waals surface area contributed by atoms with Crippen molar-refractivity contribution >= 4 is 32.0 Å². The van der Waals surface area contributed by atoms with Crippen molar-refractivity contribution in [2.24, 2.45) is 0 Å². The first kappa shape index (κ1) is 21.6. The maximum Gasteiger partial charge on any atom is 0.323 e. The van der Waals surface area contributed by atoms with Crippen molar-refractivity contribution in [2.75, 3.05) is 28.2 Å². The summed E-state index contributed by atoms with van der Waals surface area (Å²) in [5.74, 6) is 0. The molecule has 0 amide bonds. The molecule has 0 spiro atoms. The van der Waals surface area contributed by atoms with E-state index in [9.17, 15) is 16.8 Å². The summed E-state index contributed by atoms with van der Waals surface area (Å²) < 4.78 is 49.7. The van der Waals surface area contributed by atoms with Crippen molar-refractivity contribution < 1.29 is 16.8 Å². The zero-order valence-corrected chi connectivity index (χ0v) is 17.1. The Morgan fingerprint density at radius 3 is 1.76 bits per heavy atom. The van der Waals surface area contributed by atoms with Crippen LogP contribution in [-0.2, 0) is 20.4 Å². The van der Waals surface area contributed by atoms with Crippen LogP contribution in [0, 0.1) is 13.8 Å². The van der Waals surface area contributed by atoms with E-state index in [0.29, 0.717) is 11.4 Å². The summed E-state index contributed by atoms with van der Waals surface area (Å²) >= 11 is 5.67. The van der Waals surface area contributed by atoms with Gasteiger partial charge in [-0.05, 0) is 26.0 Å². The van der Waals surface area contributed by atoms with E-state index in [0.717, 1.165) is 16.8 Å². The first-order valence-corrected chi connectivity index (χ1v) is 10.1. The number of halogens is 1.